The van der Waals surface area contributed by atoms with Gasteiger partial charge >= 0.3 is 0 Å². The smallest absolute Gasteiger partial charge is 0.261 e. The van der Waals surface area contributed by atoms with Crippen molar-refractivity contribution in [2.24, 2.45) is 5.92 Å². The number of rotatable bonds is 7. The van der Waals surface area contributed by atoms with Crippen LogP contribution in [0.2, 0.25) is 0 Å². The second kappa shape index (κ2) is 11.8. The summed E-state index contributed by atoms with van der Waals surface area (Å²) in [6, 6.07) is 14.8. The van der Waals surface area contributed by atoms with Gasteiger partial charge in [-0.2, -0.15) is 5.26 Å². The molecule has 4 nitrogen and oxygen atoms in total. The first kappa shape index (κ1) is 24.8. The lowest BCUT2D eigenvalue weighted by Crippen LogP contribution is -2.40. The zero-order chi connectivity index (χ0) is 23.0. The second-order valence-electron chi connectivity index (χ2n) is 7.80. The lowest BCUT2D eigenvalue weighted by Gasteiger charge is -2.23. The maximum atomic E-state index is 13.9. The van der Waals surface area contributed by atoms with Crippen molar-refractivity contribution in [3.8, 4) is 11.8 Å². The van der Waals surface area contributed by atoms with Crippen LogP contribution in [0, 0.1) is 17.2 Å². The fraction of sp³-hybridized carbons (Fsp3) is 0.417. The molecule has 1 N–H and O–H groups in total. The number of halogens is 2. The van der Waals surface area contributed by atoms with Crippen molar-refractivity contribution in [3.63, 3.8) is 0 Å². The number of aryl methyl sites for hydroxylation is 1. The molecule has 2 aromatic carbocycles. The van der Waals surface area contributed by atoms with E-state index in [0.717, 1.165) is 18.4 Å². The molecule has 0 saturated heterocycles. The number of nitriles is 1. The van der Waals surface area contributed by atoms with Gasteiger partial charge in [-0.1, -0.05) is 47.4 Å². The average Bonchev–Trinajstić information content (AvgIpc) is 3.17. The molecule has 0 heterocycles. The standard InChI is InChI=1S/C23H26FN2O2P.CH3F/c1-14(2)11-21(28-17-9-7-16(13-25)19(12-17)22(24)29)23(27)26-20-10-8-15-5-3-4-6-18(15)20;1-2/h3-7,9,12,14,20-22H,8,10-11,29H2,1-2H3,(H,26,27);1H3. The van der Waals surface area contributed by atoms with Gasteiger partial charge in [0, 0.05) is 5.56 Å². The van der Waals surface area contributed by atoms with Gasteiger partial charge in [0.15, 0.2) is 6.10 Å². The zero-order valence-electron chi connectivity index (χ0n) is 18.1. The van der Waals surface area contributed by atoms with Crippen LogP contribution in [0.5, 0.6) is 5.75 Å². The third kappa shape index (κ3) is 6.48. The van der Waals surface area contributed by atoms with Gasteiger partial charge in [-0.25, -0.2) is 4.39 Å². The summed E-state index contributed by atoms with van der Waals surface area (Å²) in [4.78, 5) is 13.0. The average molecular weight is 446 g/mol. The molecule has 1 aliphatic rings. The third-order valence-electron chi connectivity index (χ3n) is 5.15. The van der Waals surface area contributed by atoms with Gasteiger partial charge in [-0.05, 0) is 54.5 Å². The number of nitrogens with zero attached hydrogens (tertiary/aromatic N) is 1. The van der Waals surface area contributed by atoms with Crippen molar-refractivity contribution in [3.05, 3.63) is 64.7 Å². The third-order valence-corrected chi connectivity index (χ3v) is 5.51. The van der Waals surface area contributed by atoms with Gasteiger partial charge in [0.1, 0.15) is 11.7 Å². The molecule has 0 bridgehead atoms. The largest absolute Gasteiger partial charge is 0.481 e. The second-order valence-corrected chi connectivity index (χ2v) is 8.38. The van der Waals surface area contributed by atoms with Crippen LogP contribution < -0.4 is 10.1 Å². The van der Waals surface area contributed by atoms with Crippen LogP contribution >= 0.6 is 9.24 Å². The van der Waals surface area contributed by atoms with Crippen LogP contribution in [0.1, 0.15) is 60.9 Å². The fourth-order valence-electron chi connectivity index (χ4n) is 3.72. The molecule has 3 rings (SSSR count). The summed E-state index contributed by atoms with van der Waals surface area (Å²) in [5.74, 6) is -0.915. The summed E-state index contributed by atoms with van der Waals surface area (Å²) in [6.45, 7) is 4.05. The Morgan fingerprint density at radius 3 is 2.65 bits per heavy atom. The Kier molecular flexibility index (Phi) is 9.40. The summed E-state index contributed by atoms with van der Waals surface area (Å²) >= 11 is 0. The Balaban J connectivity index is 0.00000166. The lowest BCUT2D eigenvalue weighted by molar-refractivity contribution is -0.129. The number of hydrogen-bond acceptors (Lipinski definition) is 3. The Morgan fingerprint density at radius 1 is 1.29 bits per heavy atom. The maximum absolute atomic E-state index is 13.9. The van der Waals surface area contributed by atoms with Gasteiger partial charge in [0.05, 0.1) is 24.9 Å². The van der Waals surface area contributed by atoms with Crippen LogP contribution in [-0.4, -0.2) is 19.2 Å². The first-order valence-electron chi connectivity index (χ1n) is 10.3. The van der Waals surface area contributed by atoms with E-state index in [1.54, 1.807) is 6.07 Å². The lowest BCUT2D eigenvalue weighted by atomic mass is 10.0. The van der Waals surface area contributed by atoms with Crippen LogP contribution in [0.3, 0.4) is 0 Å². The van der Waals surface area contributed by atoms with E-state index >= 15 is 0 Å². The number of amides is 1. The summed E-state index contributed by atoms with van der Waals surface area (Å²) < 4.78 is 29.3. The Labute approximate surface area is 185 Å². The highest BCUT2D eigenvalue weighted by atomic mass is 31.0. The number of benzene rings is 2. The number of ether oxygens (including phenoxy) is 1. The molecular weight excluding hydrogens is 417 g/mol. The van der Waals surface area contributed by atoms with E-state index in [0.29, 0.717) is 19.3 Å². The zero-order valence-corrected chi connectivity index (χ0v) is 19.2. The predicted molar refractivity (Wildman–Crippen MR) is 121 cm³/mol. The molecule has 1 amide bonds. The van der Waals surface area contributed by atoms with Crippen LogP contribution in [0.4, 0.5) is 8.78 Å². The number of carbonyl (C=O) groups is 1. The topological polar surface area (TPSA) is 62.1 Å². The number of hydrogen-bond donors (Lipinski definition) is 1. The maximum Gasteiger partial charge on any atom is 0.261 e. The number of fused-ring (bicyclic) bond motifs is 1. The molecule has 1 aliphatic carbocycles. The molecule has 0 aromatic heterocycles. The molecule has 0 saturated carbocycles. The normalized spacial score (nSPS) is 16.4. The Bertz CT molecular complexity index is 928. The van der Waals surface area contributed by atoms with Crippen molar-refractivity contribution in [1.29, 1.82) is 5.26 Å². The first-order valence-corrected chi connectivity index (χ1v) is 10.9. The van der Waals surface area contributed by atoms with E-state index in [1.807, 2.05) is 41.3 Å². The van der Waals surface area contributed by atoms with Gasteiger partial charge in [-0.15, -0.1) is 0 Å². The molecule has 7 heteroatoms. The van der Waals surface area contributed by atoms with E-state index in [1.165, 1.54) is 17.7 Å². The Hall–Kier alpha value is -2.51. The highest BCUT2D eigenvalue weighted by Crippen LogP contribution is 2.32. The van der Waals surface area contributed by atoms with Crippen LogP contribution in [0.25, 0.3) is 0 Å². The fourth-order valence-corrected chi connectivity index (χ4v) is 3.99. The van der Waals surface area contributed by atoms with Gasteiger partial charge in [0.2, 0.25) is 0 Å². The number of carbonyl (C=O) groups excluding carboxylic acids is 1. The van der Waals surface area contributed by atoms with E-state index in [4.69, 9.17) is 10.00 Å². The highest BCUT2D eigenvalue weighted by molar-refractivity contribution is 7.16. The molecule has 4 unspecified atom stereocenters. The molecular formula is C24H29F2N2O2P. The molecule has 31 heavy (non-hydrogen) atoms. The first-order chi connectivity index (χ1) is 14.9. The van der Waals surface area contributed by atoms with E-state index in [-0.39, 0.29) is 29.0 Å². The molecule has 0 radical (unpaired) electrons. The van der Waals surface area contributed by atoms with Crippen molar-refractivity contribution in [1.82, 2.24) is 5.32 Å². The summed E-state index contributed by atoms with van der Waals surface area (Å²) in [6.07, 6.45) is 1.67. The molecule has 0 spiro atoms. The van der Waals surface area contributed by atoms with Crippen LogP contribution in [-0.2, 0) is 11.2 Å². The minimum absolute atomic E-state index is 0.0178. The van der Waals surface area contributed by atoms with Crippen LogP contribution in [0.15, 0.2) is 42.5 Å². The highest BCUT2D eigenvalue weighted by Gasteiger charge is 2.28. The van der Waals surface area contributed by atoms with Gasteiger partial charge in [0.25, 0.3) is 5.91 Å². The van der Waals surface area contributed by atoms with E-state index < -0.39 is 12.0 Å². The Morgan fingerprint density at radius 2 is 2.00 bits per heavy atom. The SMILES string of the molecule is CC(C)CC(Oc1ccc(C#N)c(C(F)P)c1)C(=O)NC1CCc2ccccc21.CF. The van der Waals surface area contributed by atoms with E-state index in [2.05, 4.69) is 17.4 Å². The van der Waals surface area contributed by atoms with Gasteiger partial charge in [-0.3, -0.25) is 9.18 Å². The van der Waals surface area contributed by atoms with E-state index in [9.17, 15) is 13.6 Å². The summed E-state index contributed by atoms with van der Waals surface area (Å²) in [7, 11) is 2.54. The minimum atomic E-state index is -1.37. The summed E-state index contributed by atoms with van der Waals surface area (Å²) in [5.41, 5.74) is 2.93. The monoisotopic (exact) mass is 446 g/mol. The minimum Gasteiger partial charge on any atom is -0.481 e. The predicted octanol–water partition coefficient (Wildman–Crippen LogP) is 5.58. The van der Waals surface area contributed by atoms with Gasteiger partial charge < -0.3 is 10.1 Å². The van der Waals surface area contributed by atoms with Crippen molar-refractivity contribution in [2.75, 3.05) is 7.18 Å². The number of alkyl halides is 2. The molecule has 2 aromatic rings. The summed E-state index contributed by atoms with van der Waals surface area (Å²) in [5, 5.41) is 12.3. The quantitative estimate of drug-likeness (QED) is 0.565. The molecule has 0 fully saturated rings. The molecule has 166 valence electrons. The number of nitrogens with one attached hydrogen (secondary N) is 1. The van der Waals surface area contributed by atoms with Crippen molar-refractivity contribution >= 4 is 15.1 Å². The van der Waals surface area contributed by atoms with Crippen molar-refractivity contribution < 1.29 is 18.3 Å². The molecule has 0 aliphatic heterocycles. The van der Waals surface area contributed by atoms with Crippen molar-refractivity contribution in [2.45, 2.75) is 51.2 Å². The molecule has 4 atom stereocenters.